The number of hydrogen-bond acceptors (Lipinski definition) is 3. The van der Waals surface area contributed by atoms with E-state index in [1.165, 1.54) is 5.69 Å². The molecule has 1 aliphatic heterocycles. The van der Waals surface area contributed by atoms with E-state index in [1.807, 2.05) is 19.6 Å². The van der Waals surface area contributed by atoms with Gasteiger partial charge in [0.15, 0.2) is 0 Å². The zero-order valence-electron chi connectivity index (χ0n) is 11.2. The van der Waals surface area contributed by atoms with Gasteiger partial charge in [-0.05, 0) is 34.2 Å². The summed E-state index contributed by atoms with van der Waals surface area (Å²) in [5, 5.41) is 3.34. The second-order valence-electron chi connectivity index (χ2n) is 5.43. The molecule has 0 saturated carbocycles. The van der Waals surface area contributed by atoms with E-state index in [-0.39, 0.29) is 5.54 Å². The second kappa shape index (κ2) is 4.78. The number of rotatable bonds is 4. The van der Waals surface area contributed by atoms with Crippen LogP contribution in [0.25, 0.3) is 0 Å². The molecule has 0 aliphatic carbocycles. The number of ether oxygens (including phenoxy) is 1. The first-order chi connectivity index (χ1) is 8.06. The molecule has 0 aromatic carbocycles. The van der Waals surface area contributed by atoms with Gasteiger partial charge in [0, 0.05) is 18.6 Å². The van der Waals surface area contributed by atoms with Crippen LogP contribution in [0.3, 0.4) is 0 Å². The van der Waals surface area contributed by atoms with E-state index >= 15 is 0 Å². The summed E-state index contributed by atoms with van der Waals surface area (Å²) in [4.78, 5) is 4.31. The summed E-state index contributed by atoms with van der Waals surface area (Å²) in [5.41, 5.74) is 1.18. The third-order valence-electron chi connectivity index (χ3n) is 4.02. The summed E-state index contributed by atoms with van der Waals surface area (Å²) >= 11 is 0. The normalized spacial score (nSPS) is 22.9. The lowest BCUT2D eigenvalue weighted by Crippen LogP contribution is -2.36. The maximum Gasteiger partial charge on any atom is 0.0951 e. The highest BCUT2D eigenvalue weighted by Gasteiger charge is 2.29. The van der Waals surface area contributed by atoms with Crippen molar-refractivity contribution in [2.75, 3.05) is 20.3 Å². The number of hydrogen-bond donors (Lipinski definition) is 1. The van der Waals surface area contributed by atoms with Crippen molar-refractivity contribution in [2.45, 2.75) is 38.8 Å². The molecular formula is C13H23N3O. The molecular weight excluding hydrogens is 214 g/mol. The first-order valence-corrected chi connectivity index (χ1v) is 6.35. The smallest absolute Gasteiger partial charge is 0.0951 e. The van der Waals surface area contributed by atoms with Crippen LogP contribution in [0.15, 0.2) is 12.5 Å². The summed E-state index contributed by atoms with van der Waals surface area (Å²) in [7, 11) is 1.99. The zero-order valence-corrected chi connectivity index (χ0v) is 11.2. The van der Waals surface area contributed by atoms with Crippen LogP contribution in [0.1, 0.15) is 38.9 Å². The highest BCUT2D eigenvalue weighted by molar-refractivity contribution is 5.12. The lowest BCUT2D eigenvalue weighted by molar-refractivity contribution is 0.173. The zero-order chi connectivity index (χ0) is 12.5. The summed E-state index contributed by atoms with van der Waals surface area (Å²) in [6.07, 6.45) is 5.05. The van der Waals surface area contributed by atoms with Crippen molar-refractivity contribution in [2.24, 2.45) is 5.92 Å². The van der Waals surface area contributed by atoms with E-state index in [1.54, 1.807) is 0 Å². The van der Waals surface area contributed by atoms with Gasteiger partial charge in [0.05, 0.1) is 30.4 Å². The van der Waals surface area contributed by atoms with Crippen LogP contribution in [-0.2, 0) is 10.3 Å². The highest BCUT2D eigenvalue weighted by Crippen LogP contribution is 2.30. The minimum Gasteiger partial charge on any atom is -0.381 e. The van der Waals surface area contributed by atoms with Crippen molar-refractivity contribution < 1.29 is 4.74 Å². The molecule has 1 aromatic rings. The molecule has 1 aliphatic rings. The van der Waals surface area contributed by atoms with Gasteiger partial charge in [-0.1, -0.05) is 0 Å². The van der Waals surface area contributed by atoms with Crippen molar-refractivity contribution in [1.82, 2.24) is 14.9 Å². The second-order valence-corrected chi connectivity index (χ2v) is 5.43. The Morgan fingerprint density at radius 1 is 1.59 bits per heavy atom. The fraction of sp³-hybridized carbons (Fsp3) is 0.769. The van der Waals surface area contributed by atoms with Crippen LogP contribution in [0, 0.1) is 5.92 Å². The number of aromatic nitrogens is 2. The molecule has 0 amide bonds. The molecule has 1 fully saturated rings. The molecule has 2 unspecified atom stereocenters. The molecule has 17 heavy (non-hydrogen) atoms. The minimum atomic E-state index is -0.0514. The molecule has 96 valence electrons. The maximum absolute atomic E-state index is 5.48. The minimum absolute atomic E-state index is 0.0514. The molecule has 2 heterocycles. The monoisotopic (exact) mass is 237 g/mol. The number of imidazole rings is 1. The third kappa shape index (κ3) is 2.38. The van der Waals surface area contributed by atoms with E-state index in [0.717, 1.165) is 19.6 Å². The molecule has 1 N–H and O–H groups in total. The van der Waals surface area contributed by atoms with Crippen LogP contribution >= 0.6 is 0 Å². The van der Waals surface area contributed by atoms with E-state index in [0.29, 0.717) is 12.0 Å². The molecule has 2 atom stereocenters. The summed E-state index contributed by atoms with van der Waals surface area (Å²) in [5.74, 6) is 0.607. The third-order valence-corrected chi connectivity index (χ3v) is 4.02. The summed E-state index contributed by atoms with van der Waals surface area (Å²) < 4.78 is 7.77. The number of nitrogens with zero attached hydrogens (tertiary/aromatic N) is 2. The van der Waals surface area contributed by atoms with Gasteiger partial charge < -0.3 is 14.6 Å². The molecule has 0 spiro atoms. The Morgan fingerprint density at radius 3 is 2.94 bits per heavy atom. The molecule has 1 saturated heterocycles. The Labute approximate surface area is 103 Å². The van der Waals surface area contributed by atoms with Gasteiger partial charge in [-0.3, -0.25) is 0 Å². The molecule has 0 bridgehead atoms. The van der Waals surface area contributed by atoms with Crippen molar-refractivity contribution in [1.29, 1.82) is 0 Å². The van der Waals surface area contributed by atoms with E-state index < -0.39 is 0 Å². The fourth-order valence-corrected chi connectivity index (χ4v) is 2.40. The largest absolute Gasteiger partial charge is 0.381 e. The van der Waals surface area contributed by atoms with Crippen LogP contribution < -0.4 is 5.32 Å². The van der Waals surface area contributed by atoms with Crippen molar-refractivity contribution >= 4 is 0 Å². The Balaban J connectivity index is 2.23. The average Bonchev–Trinajstić information content (AvgIpc) is 2.99. The Hall–Kier alpha value is -0.870. The van der Waals surface area contributed by atoms with Crippen molar-refractivity contribution in [3.8, 4) is 0 Å². The number of nitrogens with one attached hydrogen (secondary N) is 1. The first kappa shape index (κ1) is 12.6. The lowest BCUT2D eigenvalue weighted by Gasteiger charge is -2.29. The van der Waals surface area contributed by atoms with Crippen LogP contribution in [0.2, 0.25) is 0 Å². The fourth-order valence-electron chi connectivity index (χ4n) is 2.40. The van der Waals surface area contributed by atoms with Gasteiger partial charge >= 0.3 is 0 Å². The van der Waals surface area contributed by atoms with Crippen molar-refractivity contribution in [3.63, 3.8) is 0 Å². The Kier molecular flexibility index (Phi) is 3.54. The summed E-state index contributed by atoms with van der Waals surface area (Å²) in [6.45, 7) is 8.39. The van der Waals surface area contributed by atoms with Crippen LogP contribution in [0.5, 0.6) is 0 Å². The standard InChI is InChI=1S/C13H23N3O/c1-10(11-5-6-17-8-11)16-9-15-7-12(16)13(2,3)14-4/h7,9-11,14H,5-6,8H2,1-4H3. The van der Waals surface area contributed by atoms with Crippen molar-refractivity contribution in [3.05, 3.63) is 18.2 Å². The summed E-state index contributed by atoms with van der Waals surface area (Å²) in [6, 6.07) is 0.447. The van der Waals surface area contributed by atoms with Crippen LogP contribution in [-0.4, -0.2) is 29.8 Å². The van der Waals surface area contributed by atoms with Gasteiger partial charge in [-0.2, -0.15) is 0 Å². The predicted molar refractivity (Wildman–Crippen MR) is 67.9 cm³/mol. The molecule has 4 nitrogen and oxygen atoms in total. The maximum atomic E-state index is 5.48. The Morgan fingerprint density at radius 2 is 2.35 bits per heavy atom. The Bertz CT molecular complexity index is 366. The predicted octanol–water partition coefficient (Wildman–Crippen LogP) is 1.94. The van der Waals surface area contributed by atoms with Gasteiger partial charge in [0.2, 0.25) is 0 Å². The van der Waals surface area contributed by atoms with Gasteiger partial charge in [0.1, 0.15) is 0 Å². The lowest BCUT2D eigenvalue weighted by atomic mass is 9.97. The SMILES string of the molecule is CNC(C)(C)c1cncn1C(C)C1CCOC1. The average molecular weight is 237 g/mol. The quantitative estimate of drug-likeness (QED) is 0.869. The molecule has 1 aromatic heterocycles. The first-order valence-electron chi connectivity index (χ1n) is 6.35. The van der Waals surface area contributed by atoms with Gasteiger partial charge in [-0.25, -0.2) is 4.98 Å². The van der Waals surface area contributed by atoms with E-state index in [9.17, 15) is 0 Å². The topological polar surface area (TPSA) is 39.1 Å². The van der Waals surface area contributed by atoms with Gasteiger partial charge in [-0.15, -0.1) is 0 Å². The highest BCUT2D eigenvalue weighted by atomic mass is 16.5. The van der Waals surface area contributed by atoms with Gasteiger partial charge in [0.25, 0.3) is 0 Å². The molecule has 0 radical (unpaired) electrons. The van der Waals surface area contributed by atoms with E-state index in [2.05, 4.69) is 35.6 Å². The van der Waals surface area contributed by atoms with E-state index in [4.69, 9.17) is 4.74 Å². The molecule has 2 rings (SSSR count). The molecule has 4 heteroatoms. The van der Waals surface area contributed by atoms with Crippen LogP contribution in [0.4, 0.5) is 0 Å².